The number of fused-ring (bicyclic) bond motifs is 9. The van der Waals surface area contributed by atoms with E-state index in [2.05, 4.69) is 0 Å². The fourth-order valence-corrected chi connectivity index (χ4v) is 5.40. The fraction of sp³-hybridized carbons (Fsp3) is 0.647. The van der Waals surface area contributed by atoms with E-state index in [-0.39, 0.29) is 29.1 Å². The first-order chi connectivity index (χ1) is 10.7. The maximum atomic E-state index is 12.5. The molecule has 4 bridgehead atoms. The fourth-order valence-electron chi connectivity index (χ4n) is 5.40. The van der Waals surface area contributed by atoms with Crippen molar-refractivity contribution in [2.45, 2.75) is 43.7 Å². The molecule has 124 valence electrons. The summed E-state index contributed by atoms with van der Waals surface area (Å²) in [6.45, 7) is 5.69. The first kappa shape index (κ1) is 14.9. The first-order valence-corrected chi connectivity index (χ1v) is 7.72. The molecule has 6 atom stereocenters. The quantitative estimate of drug-likeness (QED) is 0.561. The van der Waals surface area contributed by atoms with E-state index in [1.807, 2.05) is 32.9 Å². The van der Waals surface area contributed by atoms with Crippen molar-refractivity contribution in [3.63, 3.8) is 0 Å². The lowest BCUT2D eigenvalue weighted by molar-refractivity contribution is -0.140. The number of carbonyl (C=O) groups is 2. The standard InChI is InChI=1S/C17H20O6/c1-15-7-6-8(22-15)9-12(15)17(3)11(14(19)21-5)10(13(18)20-4)16(9,2)23-17/h6-9,12H,1-5H3/t8-,9-,12+,15-,16+,17-/m1/s1. The molecule has 2 saturated heterocycles. The Kier molecular flexibility index (Phi) is 2.62. The van der Waals surface area contributed by atoms with Gasteiger partial charge in [0.05, 0.1) is 37.1 Å². The van der Waals surface area contributed by atoms with Crippen LogP contribution in [0.3, 0.4) is 0 Å². The van der Waals surface area contributed by atoms with Crippen LogP contribution in [0.25, 0.3) is 0 Å². The molecule has 4 heterocycles. The summed E-state index contributed by atoms with van der Waals surface area (Å²) in [6.07, 6.45) is 3.92. The third kappa shape index (κ3) is 1.42. The van der Waals surface area contributed by atoms with E-state index in [0.29, 0.717) is 0 Å². The minimum atomic E-state index is -0.940. The van der Waals surface area contributed by atoms with Crippen molar-refractivity contribution >= 4 is 11.9 Å². The van der Waals surface area contributed by atoms with Gasteiger partial charge in [-0.2, -0.15) is 0 Å². The Balaban J connectivity index is 1.97. The molecular formula is C17H20O6. The maximum Gasteiger partial charge on any atom is 0.337 e. The zero-order valence-electron chi connectivity index (χ0n) is 13.8. The third-order valence-electron chi connectivity index (χ3n) is 6.01. The van der Waals surface area contributed by atoms with Crippen LogP contribution in [-0.2, 0) is 28.5 Å². The molecule has 23 heavy (non-hydrogen) atoms. The van der Waals surface area contributed by atoms with Gasteiger partial charge < -0.3 is 18.9 Å². The topological polar surface area (TPSA) is 71.1 Å². The molecule has 6 heteroatoms. The van der Waals surface area contributed by atoms with Crippen LogP contribution in [0.5, 0.6) is 0 Å². The van der Waals surface area contributed by atoms with Gasteiger partial charge in [0.2, 0.25) is 0 Å². The highest BCUT2D eigenvalue weighted by atomic mass is 16.6. The summed E-state index contributed by atoms with van der Waals surface area (Å²) in [7, 11) is 2.61. The van der Waals surface area contributed by atoms with Crippen molar-refractivity contribution in [1.29, 1.82) is 0 Å². The molecule has 6 nitrogen and oxygen atoms in total. The van der Waals surface area contributed by atoms with Crippen molar-refractivity contribution in [3.05, 3.63) is 23.3 Å². The van der Waals surface area contributed by atoms with Crippen LogP contribution in [0, 0.1) is 11.8 Å². The molecule has 0 spiro atoms. The van der Waals surface area contributed by atoms with Crippen molar-refractivity contribution in [2.75, 3.05) is 14.2 Å². The van der Waals surface area contributed by atoms with Crippen molar-refractivity contribution in [2.24, 2.45) is 11.8 Å². The van der Waals surface area contributed by atoms with Gasteiger partial charge >= 0.3 is 11.9 Å². The molecule has 0 radical (unpaired) electrons. The van der Waals surface area contributed by atoms with Gasteiger partial charge in [-0.1, -0.05) is 12.2 Å². The zero-order chi connectivity index (χ0) is 16.8. The van der Waals surface area contributed by atoms with Crippen LogP contribution in [-0.4, -0.2) is 49.1 Å². The average molecular weight is 320 g/mol. The number of hydrogen-bond acceptors (Lipinski definition) is 6. The highest BCUT2D eigenvalue weighted by molar-refractivity contribution is 6.05. The molecule has 0 aliphatic carbocycles. The van der Waals surface area contributed by atoms with Crippen LogP contribution in [0.1, 0.15) is 20.8 Å². The Labute approximate surface area is 134 Å². The Morgan fingerprint density at radius 3 is 2.17 bits per heavy atom. The molecule has 4 aliphatic heterocycles. The Hall–Kier alpha value is -1.66. The smallest absolute Gasteiger partial charge is 0.337 e. The molecule has 0 unspecified atom stereocenters. The Morgan fingerprint density at radius 1 is 1.04 bits per heavy atom. The van der Waals surface area contributed by atoms with E-state index in [1.165, 1.54) is 14.2 Å². The molecule has 0 saturated carbocycles. The van der Waals surface area contributed by atoms with Gasteiger partial charge in [0.15, 0.2) is 0 Å². The lowest BCUT2D eigenvalue weighted by atomic mass is 9.58. The minimum Gasteiger partial charge on any atom is -0.466 e. The largest absolute Gasteiger partial charge is 0.466 e. The van der Waals surface area contributed by atoms with Crippen LogP contribution in [0.2, 0.25) is 0 Å². The predicted molar refractivity (Wildman–Crippen MR) is 78.4 cm³/mol. The summed E-state index contributed by atoms with van der Waals surface area (Å²) in [5, 5.41) is 0. The number of carbonyl (C=O) groups excluding carboxylic acids is 2. The SMILES string of the molecule is COC(=O)C1=C(C(=O)OC)[C@@]2(C)O[C@@]1(C)[C@@H]1[C@H]3C=C[C@@](C)(O3)[C@H]12. The minimum absolute atomic E-state index is 0.0370. The zero-order valence-corrected chi connectivity index (χ0v) is 13.8. The number of ether oxygens (including phenoxy) is 4. The van der Waals surface area contributed by atoms with Gasteiger partial charge in [0.25, 0.3) is 0 Å². The lowest BCUT2D eigenvalue weighted by Crippen LogP contribution is -2.51. The molecule has 0 N–H and O–H groups in total. The number of esters is 2. The molecule has 0 aromatic rings. The van der Waals surface area contributed by atoms with Gasteiger partial charge in [-0.05, 0) is 20.8 Å². The van der Waals surface area contributed by atoms with Gasteiger partial charge in [-0.25, -0.2) is 9.59 Å². The number of hydrogen-bond donors (Lipinski definition) is 0. The summed E-state index contributed by atoms with van der Waals surface area (Å²) in [5.41, 5.74) is -1.85. The second kappa shape index (κ2) is 4.05. The monoisotopic (exact) mass is 320 g/mol. The van der Waals surface area contributed by atoms with Crippen LogP contribution in [0.4, 0.5) is 0 Å². The average Bonchev–Trinajstić information content (AvgIpc) is 3.16. The van der Waals surface area contributed by atoms with E-state index in [1.54, 1.807) is 0 Å². The molecule has 0 aromatic carbocycles. The summed E-state index contributed by atoms with van der Waals surface area (Å²) < 4.78 is 22.3. The van der Waals surface area contributed by atoms with Crippen molar-refractivity contribution < 1.29 is 28.5 Å². The van der Waals surface area contributed by atoms with Gasteiger partial charge in [0, 0.05) is 11.8 Å². The van der Waals surface area contributed by atoms with Gasteiger partial charge in [0.1, 0.15) is 11.2 Å². The summed E-state index contributed by atoms with van der Waals surface area (Å²) in [6, 6.07) is 0. The lowest BCUT2D eigenvalue weighted by Gasteiger charge is -2.39. The summed E-state index contributed by atoms with van der Waals surface area (Å²) in [4.78, 5) is 24.9. The normalized spacial score (nSPS) is 48.8. The van der Waals surface area contributed by atoms with E-state index in [4.69, 9.17) is 18.9 Å². The Bertz CT molecular complexity index is 693. The molecule has 0 aromatic heterocycles. The van der Waals surface area contributed by atoms with Crippen molar-refractivity contribution in [1.82, 2.24) is 0 Å². The molecule has 4 aliphatic rings. The number of methoxy groups -OCH3 is 2. The summed E-state index contributed by atoms with van der Waals surface area (Å²) >= 11 is 0. The third-order valence-corrected chi connectivity index (χ3v) is 6.01. The van der Waals surface area contributed by atoms with E-state index in [9.17, 15) is 9.59 Å². The van der Waals surface area contributed by atoms with Gasteiger partial charge in [-0.15, -0.1) is 0 Å². The van der Waals surface area contributed by atoms with Crippen LogP contribution in [0.15, 0.2) is 23.3 Å². The van der Waals surface area contributed by atoms with Crippen molar-refractivity contribution in [3.8, 4) is 0 Å². The second-order valence-electron chi connectivity index (χ2n) is 7.18. The molecular weight excluding hydrogens is 300 g/mol. The number of rotatable bonds is 2. The first-order valence-electron chi connectivity index (χ1n) is 7.72. The summed E-state index contributed by atoms with van der Waals surface area (Å²) in [5.74, 6) is -1.19. The van der Waals surface area contributed by atoms with Gasteiger partial charge in [-0.3, -0.25) is 0 Å². The highest BCUT2D eigenvalue weighted by Gasteiger charge is 2.78. The second-order valence-corrected chi connectivity index (χ2v) is 7.18. The van der Waals surface area contributed by atoms with E-state index >= 15 is 0 Å². The molecule has 0 amide bonds. The van der Waals surface area contributed by atoms with Crippen LogP contribution >= 0.6 is 0 Å². The maximum absolute atomic E-state index is 12.5. The van der Waals surface area contributed by atoms with E-state index in [0.717, 1.165) is 0 Å². The Morgan fingerprint density at radius 2 is 1.61 bits per heavy atom. The van der Waals surface area contributed by atoms with E-state index < -0.39 is 28.7 Å². The van der Waals surface area contributed by atoms with Crippen LogP contribution < -0.4 is 0 Å². The molecule has 4 rings (SSSR count). The molecule has 2 fully saturated rings. The highest BCUT2D eigenvalue weighted by Crippen LogP contribution is 2.69. The predicted octanol–water partition coefficient (Wildman–Crippen LogP) is 1.15.